The lowest BCUT2D eigenvalue weighted by molar-refractivity contribution is -0.133. The second-order valence-corrected chi connectivity index (χ2v) is 6.40. The Labute approximate surface area is 148 Å². The van der Waals surface area contributed by atoms with Crippen molar-refractivity contribution < 1.29 is 18.7 Å². The first-order valence-corrected chi connectivity index (χ1v) is 8.38. The molecule has 7 nitrogen and oxygen atoms in total. The summed E-state index contributed by atoms with van der Waals surface area (Å²) in [7, 11) is 0. The Hall–Kier alpha value is -3.35. The summed E-state index contributed by atoms with van der Waals surface area (Å²) >= 11 is 0. The number of para-hydroxylation sites is 3. The molecule has 5 rings (SSSR count). The highest BCUT2D eigenvalue weighted by Crippen LogP contribution is 2.41. The second kappa shape index (κ2) is 5.32. The van der Waals surface area contributed by atoms with Crippen molar-refractivity contribution in [2.24, 2.45) is 0 Å². The van der Waals surface area contributed by atoms with Gasteiger partial charge in [-0.2, -0.15) is 0 Å². The molecule has 0 aliphatic carbocycles. The van der Waals surface area contributed by atoms with E-state index in [4.69, 9.17) is 9.15 Å². The number of nitrogens with zero attached hydrogens (tertiary/aromatic N) is 2. The van der Waals surface area contributed by atoms with E-state index in [1.54, 1.807) is 12.1 Å². The van der Waals surface area contributed by atoms with Gasteiger partial charge >= 0.3 is 6.03 Å². The SMILES string of the molecule is O=C1NC2(CCOc3ccccc32)C(=O)N1Cc1nc2ccccc2o1. The first-order chi connectivity index (χ1) is 12.7. The number of nitrogens with one attached hydrogen (secondary N) is 1. The average Bonchev–Trinajstić information content (AvgIpc) is 3.17. The van der Waals surface area contributed by atoms with E-state index in [1.807, 2.05) is 36.4 Å². The summed E-state index contributed by atoms with van der Waals surface area (Å²) in [5, 5.41) is 2.87. The van der Waals surface area contributed by atoms with Crippen LogP contribution in [0.5, 0.6) is 5.75 Å². The Bertz CT molecular complexity index is 1010. The first kappa shape index (κ1) is 14.9. The van der Waals surface area contributed by atoms with Gasteiger partial charge in [-0.15, -0.1) is 0 Å². The molecule has 1 saturated heterocycles. The summed E-state index contributed by atoms with van der Waals surface area (Å²) < 4.78 is 11.3. The fourth-order valence-corrected chi connectivity index (χ4v) is 3.64. The van der Waals surface area contributed by atoms with Crippen LogP contribution >= 0.6 is 0 Å². The summed E-state index contributed by atoms with van der Waals surface area (Å²) in [6, 6.07) is 14.2. The van der Waals surface area contributed by atoms with Crippen molar-refractivity contribution in [3.05, 3.63) is 60.0 Å². The number of carbonyl (C=O) groups is 2. The molecule has 1 unspecified atom stereocenters. The zero-order valence-electron chi connectivity index (χ0n) is 13.8. The van der Waals surface area contributed by atoms with Crippen molar-refractivity contribution in [2.45, 2.75) is 18.5 Å². The molecule has 2 aliphatic heterocycles. The molecule has 1 spiro atoms. The van der Waals surface area contributed by atoms with Gasteiger partial charge in [0.15, 0.2) is 11.1 Å². The number of benzene rings is 2. The summed E-state index contributed by atoms with van der Waals surface area (Å²) in [4.78, 5) is 31.3. The van der Waals surface area contributed by atoms with Crippen LogP contribution in [0.1, 0.15) is 17.9 Å². The van der Waals surface area contributed by atoms with E-state index in [0.29, 0.717) is 41.3 Å². The fourth-order valence-electron chi connectivity index (χ4n) is 3.64. The largest absolute Gasteiger partial charge is 0.493 e. The lowest BCUT2D eigenvalue weighted by Crippen LogP contribution is -2.47. The quantitative estimate of drug-likeness (QED) is 0.719. The Balaban J connectivity index is 1.51. The van der Waals surface area contributed by atoms with E-state index in [9.17, 15) is 9.59 Å². The molecule has 1 fully saturated rings. The molecule has 0 bridgehead atoms. The third-order valence-corrected chi connectivity index (χ3v) is 4.89. The third-order valence-electron chi connectivity index (χ3n) is 4.89. The standard InChI is InChI=1S/C19H15N3O4/c23-17-19(9-10-25-14-7-3-1-5-12(14)19)21-18(24)22(17)11-16-20-13-6-2-4-8-15(13)26-16/h1-8H,9-11H2,(H,21,24). The van der Waals surface area contributed by atoms with Crippen molar-refractivity contribution in [3.8, 4) is 5.75 Å². The Kier molecular flexibility index (Phi) is 3.06. The van der Waals surface area contributed by atoms with Gasteiger partial charge < -0.3 is 14.5 Å². The van der Waals surface area contributed by atoms with Crippen LogP contribution in [-0.4, -0.2) is 28.4 Å². The predicted molar refractivity (Wildman–Crippen MR) is 91.3 cm³/mol. The molecular formula is C19H15N3O4. The Morgan fingerprint density at radius 3 is 2.81 bits per heavy atom. The number of rotatable bonds is 2. The van der Waals surface area contributed by atoms with Crippen LogP contribution in [0.25, 0.3) is 11.1 Å². The number of aromatic nitrogens is 1. The molecule has 26 heavy (non-hydrogen) atoms. The number of oxazole rings is 1. The molecule has 2 aromatic carbocycles. The van der Waals surface area contributed by atoms with Gasteiger partial charge in [0.05, 0.1) is 6.61 Å². The molecule has 130 valence electrons. The van der Waals surface area contributed by atoms with Crippen LogP contribution in [-0.2, 0) is 16.9 Å². The van der Waals surface area contributed by atoms with E-state index in [2.05, 4.69) is 10.3 Å². The summed E-state index contributed by atoms with van der Waals surface area (Å²) in [6.07, 6.45) is 0.388. The highest BCUT2D eigenvalue weighted by molar-refractivity contribution is 6.07. The van der Waals surface area contributed by atoms with Crippen LogP contribution in [0, 0.1) is 0 Å². The fraction of sp³-hybridized carbons (Fsp3) is 0.211. The Morgan fingerprint density at radius 2 is 1.92 bits per heavy atom. The molecular weight excluding hydrogens is 334 g/mol. The van der Waals surface area contributed by atoms with Crippen molar-refractivity contribution in [2.75, 3.05) is 6.61 Å². The lowest BCUT2D eigenvalue weighted by Gasteiger charge is -2.33. The number of hydrogen-bond donors (Lipinski definition) is 1. The van der Waals surface area contributed by atoms with E-state index in [-0.39, 0.29) is 12.5 Å². The molecule has 3 amide bonds. The topological polar surface area (TPSA) is 84.7 Å². The second-order valence-electron chi connectivity index (χ2n) is 6.40. The number of urea groups is 1. The maximum absolute atomic E-state index is 13.2. The summed E-state index contributed by atoms with van der Waals surface area (Å²) in [5.41, 5.74) is 0.920. The van der Waals surface area contributed by atoms with Crippen molar-refractivity contribution in [1.82, 2.24) is 15.2 Å². The number of carbonyl (C=O) groups excluding carboxylic acids is 2. The maximum Gasteiger partial charge on any atom is 0.325 e. The van der Waals surface area contributed by atoms with Crippen LogP contribution in [0.15, 0.2) is 52.9 Å². The molecule has 3 heterocycles. The first-order valence-electron chi connectivity index (χ1n) is 8.38. The zero-order valence-corrected chi connectivity index (χ0v) is 13.8. The Morgan fingerprint density at radius 1 is 1.12 bits per heavy atom. The molecule has 0 radical (unpaired) electrons. The lowest BCUT2D eigenvalue weighted by atomic mass is 9.84. The summed E-state index contributed by atoms with van der Waals surface area (Å²) in [5.74, 6) is 0.642. The molecule has 1 atom stereocenters. The van der Waals surface area contributed by atoms with E-state index in [1.165, 1.54) is 0 Å². The van der Waals surface area contributed by atoms with Gasteiger partial charge in [-0.05, 0) is 18.2 Å². The minimum Gasteiger partial charge on any atom is -0.493 e. The summed E-state index contributed by atoms with van der Waals surface area (Å²) in [6.45, 7) is 0.351. The number of imide groups is 1. The predicted octanol–water partition coefficient (Wildman–Crippen LogP) is 2.56. The van der Waals surface area contributed by atoms with Gasteiger partial charge in [-0.25, -0.2) is 9.78 Å². The highest BCUT2D eigenvalue weighted by atomic mass is 16.5. The van der Waals surface area contributed by atoms with Crippen LogP contribution in [0.3, 0.4) is 0 Å². The van der Waals surface area contributed by atoms with Crippen molar-refractivity contribution in [3.63, 3.8) is 0 Å². The van der Waals surface area contributed by atoms with Crippen LogP contribution in [0.4, 0.5) is 4.79 Å². The maximum atomic E-state index is 13.2. The van der Waals surface area contributed by atoms with E-state index < -0.39 is 11.6 Å². The smallest absolute Gasteiger partial charge is 0.325 e. The number of hydrogen-bond acceptors (Lipinski definition) is 5. The van der Waals surface area contributed by atoms with Gasteiger partial charge in [0.25, 0.3) is 5.91 Å². The number of fused-ring (bicyclic) bond motifs is 3. The molecule has 1 aromatic heterocycles. The van der Waals surface area contributed by atoms with Gasteiger partial charge in [0, 0.05) is 12.0 Å². The van der Waals surface area contributed by atoms with E-state index in [0.717, 1.165) is 4.90 Å². The van der Waals surface area contributed by atoms with Gasteiger partial charge in [0.2, 0.25) is 5.89 Å². The average molecular weight is 349 g/mol. The molecule has 3 aromatic rings. The molecule has 7 heteroatoms. The minimum atomic E-state index is -1.09. The van der Waals surface area contributed by atoms with Gasteiger partial charge in [0.1, 0.15) is 17.8 Å². The normalized spacial score (nSPS) is 21.8. The van der Waals surface area contributed by atoms with E-state index >= 15 is 0 Å². The number of amides is 3. The van der Waals surface area contributed by atoms with Gasteiger partial charge in [-0.1, -0.05) is 30.3 Å². The van der Waals surface area contributed by atoms with Crippen molar-refractivity contribution >= 4 is 23.0 Å². The minimum absolute atomic E-state index is 0.00980. The molecule has 1 N–H and O–H groups in total. The van der Waals surface area contributed by atoms with Crippen LogP contribution in [0.2, 0.25) is 0 Å². The van der Waals surface area contributed by atoms with Crippen LogP contribution < -0.4 is 10.1 Å². The third kappa shape index (κ3) is 2.03. The zero-order chi connectivity index (χ0) is 17.7. The molecule has 2 aliphatic rings. The molecule has 0 saturated carbocycles. The monoisotopic (exact) mass is 349 g/mol. The van der Waals surface area contributed by atoms with Crippen molar-refractivity contribution in [1.29, 1.82) is 0 Å². The highest BCUT2D eigenvalue weighted by Gasteiger charge is 2.55. The number of ether oxygens (including phenoxy) is 1. The van der Waals surface area contributed by atoms with Gasteiger partial charge in [-0.3, -0.25) is 9.69 Å².